The molecule has 0 spiro atoms. The lowest BCUT2D eigenvalue weighted by atomic mass is 9.76. The van der Waals surface area contributed by atoms with Crippen molar-refractivity contribution in [2.45, 2.75) is 97.0 Å². The normalized spacial score (nSPS) is 18.1. The van der Waals surface area contributed by atoms with Gasteiger partial charge >= 0.3 is 11.9 Å². The van der Waals surface area contributed by atoms with Crippen LogP contribution in [0.2, 0.25) is 0 Å². The number of aliphatic carboxylic acids is 1. The van der Waals surface area contributed by atoms with E-state index in [9.17, 15) is 9.59 Å². The number of carbonyl (C=O) groups excluding carboxylic acids is 1. The van der Waals surface area contributed by atoms with Gasteiger partial charge in [0.25, 0.3) is 0 Å². The van der Waals surface area contributed by atoms with Gasteiger partial charge in [-0.2, -0.15) is 0 Å². The third kappa shape index (κ3) is 9.06. The summed E-state index contributed by atoms with van der Waals surface area (Å²) < 4.78 is 5.55. The standard InChI is InChI=1S/C18H32O4/c1-18(2)13-11-15(12-14-18)22-17(21)10-8-6-4-3-5-7-9-16(19)20/h15H,3-14H2,1-2H3,(H,19,20). The number of carboxylic acids is 1. The van der Waals surface area contributed by atoms with E-state index in [-0.39, 0.29) is 18.5 Å². The quantitative estimate of drug-likeness (QED) is 0.469. The van der Waals surface area contributed by atoms with Gasteiger partial charge in [-0.15, -0.1) is 0 Å². The van der Waals surface area contributed by atoms with E-state index in [4.69, 9.17) is 9.84 Å². The Morgan fingerprint density at radius 3 is 2.00 bits per heavy atom. The Morgan fingerprint density at radius 1 is 0.955 bits per heavy atom. The molecule has 1 aliphatic rings. The molecule has 0 bridgehead atoms. The number of ether oxygens (including phenoxy) is 1. The van der Waals surface area contributed by atoms with Gasteiger partial charge < -0.3 is 9.84 Å². The number of hydrogen-bond acceptors (Lipinski definition) is 3. The summed E-state index contributed by atoms with van der Waals surface area (Å²) in [4.78, 5) is 22.2. The molecule has 0 aromatic rings. The van der Waals surface area contributed by atoms with Gasteiger partial charge in [-0.25, -0.2) is 0 Å². The minimum atomic E-state index is -0.714. The lowest BCUT2D eigenvalue weighted by Crippen LogP contribution is -2.28. The molecule has 1 fully saturated rings. The van der Waals surface area contributed by atoms with E-state index < -0.39 is 5.97 Å². The van der Waals surface area contributed by atoms with Crippen molar-refractivity contribution in [1.82, 2.24) is 0 Å². The van der Waals surface area contributed by atoms with Gasteiger partial charge in [-0.05, 0) is 43.9 Å². The fraction of sp³-hybridized carbons (Fsp3) is 0.889. The maximum Gasteiger partial charge on any atom is 0.306 e. The molecule has 128 valence electrons. The molecule has 0 heterocycles. The minimum Gasteiger partial charge on any atom is -0.481 e. The second-order valence-electron chi connectivity index (χ2n) is 7.37. The molecule has 0 radical (unpaired) electrons. The van der Waals surface area contributed by atoms with E-state index in [2.05, 4.69) is 13.8 Å². The first-order valence-electron chi connectivity index (χ1n) is 8.80. The molecule has 0 atom stereocenters. The summed E-state index contributed by atoms with van der Waals surface area (Å²) >= 11 is 0. The van der Waals surface area contributed by atoms with Crippen LogP contribution in [0.1, 0.15) is 90.9 Å². The summed E-state index contributed by atoms with van der Waals surface area (Å²) in [6.45, 7) is 4.56. The molecular formula is C18H32O4. The maximum absolute atomic E-state index is 11.8. The summed E-state index contributed by atoms with van der Waals surface area (Å²) in [5.41, 5.74) is 0.406. The zero-order valence-corrected chi connectivity index (χ0v) is 14.2. The fourth-order valence-electron chi connectivity index (χ4n) is 2.99. The summed E-state index contributed by atoms with van der Waals surface area (Å²) in [6, 6.07) is 0. The van der Waals surface area contributed by atoms with Gasteiger partial charge in [0, 0.05) is 12.8 Å². The lowest BCUT2D eigenvalue weighted by Gasteiger charge is -2.33. The van der Waals surface area contributed by atoms with E-state index in [1.165, 1.54) is 0 Å². The van der Waals surface area contributed by atoms with Gasteiger partial charge in [0.2, 0.25) is 0 Å². The molecule has 1 aliphatic carbocycles. The highest BCUT2D eigenvalue weighted by atomic mass is 16.5. The molecule has 4 nitrogen and oxygen atoms in total. The van der Waals surface area contributed by atoms with Crippen LogP contribution < -0.4 is 0 Å². The molecule has 0 aromatic carbocycles. The maximum atomic E-state index is 11.8. The third-order valence-electron chi connectivity index (χ3n) is 4.61. The summed E-state index contributed by atoms with van der Waals surface area (Å²) in [5, 5.41) is 8.53. The second kappa shape index (κ2) is 9.86. The van der Waals surface area contributed by atoms with Crippen LogP contribution in [0.5, 0.6) is 0 Å². The van der Waals surface area contributed by atoms with Crippen LogP contribution in [0.3, 0.4) is 0 Å². The average Bonchev–Trinajstić information content (AvgIpc) is 2.44. The number of carboxylic acid groups (broad SMARTS) is 1. The number of carbonyl (C=O) groups is 2. The van der Waals surface area contributed by atoms with Crippen molar-refractivity contribution in [3.8, 4) is 0 Å². The summed E-state index contributed by atoms with van der Waals surface area (Å²) in [6.07, 6.45) is 11.0. The molecule has 4 heteroatoms. The highest BCUT2D eigenvalue weighted by Gasteiger charge is 2.28. The Labute approximate surface area is 134 Å². The number of rotatable bonds is 10. The van der Waals surface area contributed by atoms with Gasteiger partial charge in [-0.3, -0.25) is 9.59 Å². The highest BCUT2D eigenvalue weighted by Crippen LogP contribution is 2.36. The van der Waals surface area contributed by atoms with Crippen molar-refractivity contribution >= 4 is 11.9 Å². The van der Waals surface area contributed by atoms with Crippen molar-refractivity contribution in [2.75, 3.05) is 0 Å². The average molecular weight is 312 g/mol. The Hall–Kier alpha value is -1.06. The first-order chi connectivity index (χ1) is 10.4. The van der Waals surface area contributed by atoms with Crippen LogP contribution in [0, 0.1) is 5.41 Å². The van der Waals surface area contributed by atoms with Crippen molar-refractivity contribution < 1.29 is 19.4 Å². The van der Waals surface area contributed by atoms with Crippen LogP contribution in [0.4, 0.5) is 0 Å². The van der Waals surface area contributed by atoms with Crippen molar-refractivity contribution in [3.05, 3.63) is 0 Å². The molecule has 0 aliphatic heterocycles. The molecular weight excluding hydrogens is 280 g/mol. The smallest absolute Gasteiger partial charge is 0.306 e. The zero-order chi connectivity index (χ0) is 16.4. The molecule has 0 amide bonds. The summed E-state index contributed by atoms with van der Waals surface area (Å²) in [5.74, 6) is -0.760. The van der Waals surface area contributed by atoms with Crippen molar-refractivity contribution in [3.63, 3.8) is 0 Å². The van der Waals surface area contributed by atoms with Crippen LogP contribution in [-0.2, 0) is 14.3 Å². The largest absolute Gasteiger partial charge is 0.481 e. The predicted octanol–water partition coefficient (Wildman–Crippen LogP) is 4.70. The first-order valence-corrected chi connectivity index (χ1v) is 8.80. The molecule has 22 heavy (non-hydrogen) atoms. The highest BCUT2D eigenvalue weighted by molar-refractivity contribution is 5.69. The number of unbranched alkanes of at least 4 members (excludes halogenated alkanes) is 5. The van der Waals surface area contributed by atoms with E-state index in [0.717, 1.165) is 64.2 Å². The van der Waals surface area contributed by atoms with E-state index in [1.54, 1.807) is 0 Å². The third-order valence-corrected chi connectivity index (χ3v) is 4.61. The predicted molar refractivity (Wildman–Crippen MR) is 86.7 cm³/mol. The Morgan fingerprint density at radius 2 is 1.45 bits per heavy atom. The van der Waals surface area contributed by atoms with E-state index in [1.807, 2.05) is 0 Å². The second-order valence-corrected chi connectivity index (χ2v) is 7.37. The summed E-state index contributed by atoms with van der Waals surface area (Å²) in [7, 11) is 0. The van der Waals surface area contributed by atoms with E-state index in [0.29, 0.717) is 11.8 Å². The van der Waals surface area contributed by atoms with Crippen LogP contribution in [0.15, 0.2) is 0 Å². The topological polar surface area (TPSA) is 63.6 Å². The van der Waals surface area contributed by atoms with Crippen molar-refractivity contribution in [2.24, 2.45) is 5.41 Å². The van der Waals surface area contributed by atoms with Crippen LogP contribution in [0.25, 0.3) is 0 Å². The van der Waals surface area contributed by atoms with E-state index >= 15 is 0 Å². The van der Waals surface area contributed by atoms with Gasteiger partial charge in [-0.1, -0.05) is 39.5 Å². The molecule has 0 saturated heterocycles. The van der Waals surface area contributed by atoms with Gasteiger partial charge in [0.1, 0.15) is 6.10 Å². The minimum absolute atomic E-state index is 0.0458. The van der Waals surface area contributed by atoms with Crippen molar-refractivity contribution in [1.29, 1.82) is 0 Å². The monoisotopic (exact) mass is 312 g/mol. The van der Waals surface area contributed by atoms with Gasteiger partial charge in [0.15, 0.2) is 0 Å². The first kappa shape index (κ1) is 19.0. The SMILES string of the molecule is CC1(C)CCC(OC(=O)CCCCCCCCC(=O)O)CC1. The van der Waals surface area contributed by atoms with Crippen LogP contribution >= 0.6 is 0 Å². The number of hydrogen-bond donors (Lipinski definition) is 1. The Kier molecular flexibility index (Phi) is 8.51. The van der Waals surface area contributed by atoms with Gasteiger partial charge in [0.05, 0.1) is 0 Å². The zero-order valence-electron chi connectivity index (χ0n) is 14.2. The Bertz CT molecular complexity index is 339. The molecule has 1 saturated carbocycles. The molecule has 1 rings (SSSR count). The molecule has 0 unspecified atom stereocenters. The molecule has 1 N–H and O–H groups in total. The molecule has 0 aromatic heterocycles. The lowest BCUT2D eigenvalue weighted by molar-refractivity contribution is -0.151. The fourth-order valence-corrected chi connectivity index (χ4v) is 2.99. The van der Waals surface area contributed by atoms with Crippen LogP contribution in [-0.4, -0.2) is 23.1 Å². The number of esters is 1. The Balaban J connectivity index is 1.95.